The Hall–Kier alpha value is -2.51. The summed E-state index contributed by atoms with van der Waals surface area (Å²) >= 11 is 1.74. The average Bonchev–Trinajstić information content (AvgIpc) is 3.15. The number of nitrogens with zero attached hydrogens (tertiary/aromatic N) is 4. The van der Waals surface area contributed by atoms with Crippen LogP contribution in [0.3, 0.4) is 0 Å². The molecule has 0 aliphatic carbocycles. The molecule has 0 saturated heterocycles. The van der Waals surface area contributed by atoms with Gasteiger partial charge in [0.25, 0.3) is 0 Å². The molecule has 0 spiro atoms. The van der Waals surface area contributed by atoms with Gasteiger partial charge in [-0.15, -0.1) is 10.2 Å². The summed E-state index contributed by atoms with van der Waals surface area (Å²) in [5.41, 5.74) is 3.57. The molecule has 7 heteroatoms. The largest absolute Gasteiger partial charge is 0.493 e. The van der Waals surface area contributed by atoms with Crippen LogP contribution >= 0.6 is 11.8 Å². The molecule has 2 heterocycles. The van der Waals surface area contributed by atoms with E-state index in [1.165, 1.54) is 11.1 Å². The molecular weight excluding hydrogens is 372 g/mol. The number of rotatable bonds is 6. The molecule has 146 valence electrons. The van der Waals surface area contributed by atoms with Crippen molar-refractivity contribution >= 4 is 11.8 Å². The van der Waals surface area contributed by atoms with Crippen molar-refractivity contribution in [3.63, 3.8) is 0 Å². The lowest BCUT2D eigenvalue weighted by atomic mass is 10.1. The lowest BCUT2D eigenvalue weighted by Crippen LogP contribution is -2.32. The molecule has 1 aromatic heterocycles. The molecule has 2 aromatic carbocycles. The van der Waals surface area contributed by atoms with E-state index in [0.29, 0.717) is 0 Å². The topological polar surface area (TPSA) is 52.4 Å². The molecule has 0 N–H and O–H groups in total. The van der Waals surface area contributed by atoms with Gasteiger partial charge in [0, 0.05) is 12.1 Å². The fraction of sp³-hybridized carbons (Fsp3) is 0.333. The first kappa shape index (κ1) is 18.8. The molecule has 0 unspecified atom stereocenters. The third kappa shape index (κ3) is 3.86. The van der Waals surface area contributed by atoms with Crippen molar-refractivity contribution in [2.45, 2.75) is 25.2 Å². The fourth-order valence-electron chi connectivity index (χ4n) is 3.37. The van der Waals surface area contributed by atoms with E-state index in [0.717, 1.165) is 53.6 Å². The minimum Gasteiger partial charge on any atom is -0.493 e. The third-order valence-electron chi connectivity index (χ3n) is 4.88. The Morgan fingerprint density at radius 1 is 1.04 bits per heavy atom. The van der Waals surface area contributed by atoms with E-state index >= 15 is 0 Å². The molecule has 1 aliphatic heterocycles. The molecule has 0 atom stereocenters. The molecular formula is C21H24N4O2S. The van der Waals surface area contributed by atoms with Crippen molar-refractivity contribution in [2.75, 3.05) is 26.6 Å². The third-order valence-corrected chi connectivity index (χ3v) is 5.93. The number of aromatic nitrogens is 3. The first-order valence-corrected chi connectivity index (χ1v) is 10.2. The number of thioether (sulfide) groups is 1. The average molecular weight is 397 g/mol. The van der Waals surface area contributed by atoms with Crippen LogP contribution in [0.25, 0.3) is 11.4 Å². The molecule has 0 amide bonds. The van der Waals surface area contributed by atoms with E-state index in [1.54, 1.807) is 26.0 Å². The number of hydrogen-bond acceptors (Lipinski definition) is 6. The minimum atomic E-state index is 0.761. The summed E-state index contributed by atoms with van der Waals surface area (Å²) in [4.78, 5) is 2.41. The zero-order valence-electron chi connectivity index (χ0n) is 16.4. The van der Waals surface area contributed by atoms with Crippen LogP contribution in [-0.2, 0) is 13.1 Å². The van der Waals surface area contributed by atoms with Gasteiger partial charge in [-0.2, -0.15) is 0 Å². The van der Waals surface area contributed by atoms with E-state index in [4.69, 9.17) is 9.47 Å². The number of methoxy groups -OCH3 is 2. The van der Waals surface area contributed by atoms with Gasteiger partial charge in [-0.1, -0.05) is 41.6 Å². The van der Waals surface area contributed by atoms with Crippen molar-refractivity contribution in [2.24, 2.45) is 0 Å². The standard InChI is InChI=1S/C21H24N4O2S/c1-15-5-4-6-17(11-15)20-22-23-21-25(20)13-24(14-28-21)10-9-16-7-8-18(26-2)19(12-16)27-3/h4-8,11-12H,9-10,13-14H2,1-3H3. The van der Waals surface area contributed by atoms with Gasteiger partial charge in [-0.3, -0.25) is 9.47 Å². The van der Waals surface area contributed by atoms with Crippen molar-refractivity contribution in [3.05, 3.63) is 53.6 Å². The summed E-state index contributed by atoms with van der Waals surface area (Å²) in [5.74, 6) is 3.38. The summed E-state index contributed by atoms with van der Waals surface area (Å²) in [6.45, 7) is 3.85. The molecule has 28 heavy (non-hydrogen) atoms. The Labute approximate surface area is 169 Å². The van der Waals surface area contributed by atoms with Gasteiger partial charge in [0.1, 0.15) is 0 Å². The van der Waals surface area contributed by atoms with Crippen molar-refractivity contribution in [1.82, 2.24) is 19.7 Å². The summed E-state index contributed by atoms with van der Waals surface area (Å²) in [7, 11) is 3.33. The van der Waals surface area contributed by atoms with Crippen LogP contribution in [-0.4, -0.2) is 46.3 Å². The predicted molar refractivity (Wildman–Crippen MR) is 111 cm³/mol. The molecule has 3 aromatic rings. The molecule has 6 nitrogen and oxygen atoms in total. The summed E-state index contributed by atoms with van der Waals surface area (Å²) in [6, 6.07) is 14.5. The summed E-state index contributed by atoms with van der Waals surface area (Å²) in [6.07, 6.45) is 0.943. The number of hydrogen-bond donors (Lipinski definition) is 0. The van der Waals surface area contributed by atoms with Crippen molar-refractivity contribution in [3.8, 4) is 22.9 Å². The maximum atomic E-state index is 5.42. The number of fused-ring (bicyclic) bond motifs is 1. The second kappa shape index (κ2) is 8.24. The van der Waals surface area contributed by atoms with E-state index < -0.39 is 0 Å². The number of aryl methyl sites for hydroxylation is 1. The van der Waals surface area contributed by atoms with Crippen LogP contribution in [0.2, 0.25) is 0 Å². The van der Waals surface area contributed by atoms with E-state index in [1.807, 2.05) is 6.07 Å². The number of benzene rings is 2. The number of ether oxygens (including phenoxy) is 2. The van der Waals surface area contributed by atoms with E-state index in [9.17, 15) is 0 Å². The fourth-order valence-corrected chi connectivity index (χ4v) is 4.28. The lowest BCUT2D eigenvalue weighted by Gasteiger charge is -2.27. The highest BCUT2D eigenvalue weighted by atomic mass is 32.2. The molecule has 4 rings (SSSR count). The van der Waals surface area contributed by atoms with Gasteiger partial charge in [0.05, 0.1) is 26.8 Å². The van der Waals surface area contributed by atoms with Gasteiger partial charge in [0.2, 0.25) is 0 Å². The van der Waals surface area contributed by atoms with Gasteiger partial charge < -0.3 is 9.47 Å². The Bertz CT molecular complexity index is 973. The van der Waals surface area contributed by atoms with Gasteiger partial charge in [-0.05, 0) is 37.1 Å². The smallest absolute Gasteiger partial charge is 0.193 e. The summed E-state index contributed by atoms with van der Waals surface area (Å²) < 4.78 is 12.9. The Balaban J connectivity index is 1.47. The highest BCUT2D eigenvalue weighted by Crippen LogP contribution is 2.30. The maximum Gasteiger partial charge on any atom is 0.193 e. The molecule has 0 bridgehead atoms. The summed E-state index contributed by atoms with van der Waals surface area (Å²) in [5, 5.41) is 9.80. The van der Waals surface area contributed by atoms with Crippen LogP contribution in [0.4, 0.5) is 0 Å². The van der Waals surface area contributed by atoms with Gasteiger partial charge >= 0.3 is 0 Å². The van der Waals surface area contributed by atoms with E-state index in [2.05, 4.69) is 63.0 Å². The first-order chi connectivity index (χ1) is 13.7. The zero-order chi connectivity index (χ0) is 19.5. The van der Waals surface area contributed by atoms with Gasteiger partial charge in [-0.25, -0.2) is 0 Å². The lowest BCUT2D eigenvalue weighted by molar-refractivity contribution is 0.242. The predicted octanol–water partition coefficient (Wildman–Crippen LogP) is 3.84. The van der Waals surface area contributed by atoms with Crippen LogP contribution in [0.5, 0.6) is 11.5 Å². The zero-order valence-corrected chi connectivity index (χ0v) is 17.2. The van der Waals surface area contributed by atoms with Crippen LogP contribution in [0.1, 0.15) is 11.1 Å². The first-order valence-electron chi connectivity index (χ1n) is 9.24. The van der Waals surface area contributed by atoms with Crippen LogP contribution in [0.15, 0.2) is 47.6 Å². The maximum absolute atomic E-state index is 5.42. The Kier molecular flexibility index (Phi) is 5.54. The Morgan fingerprint density at radius 3 is 2.68 bits per heavy atom. The highest BCUT2D eigenvalue weighted by molar-refractivity contribution is 7.99. The second-order valence-electron chi connectivity index (χ2n) is 6.85. The van der Waals surface area contributed by atoms with Crippen LogP contribution < -0.4 is 9.47 Å². The monoisotopic (exact) mass is 396 g/mol. The molecule has 0 fully saturated rings. The highest BCUT2D eigenvalue weighted by Gasteiger charge is 2.22. The van der Waals surface area contributed by atoms with Crippen molar-refractivity contribution < 1.29 is 9.47 Å². The van der Waals surface area contributed by atoms with Gasteiger partial charge in [0.15, 0.2) is 22.5 Å². The quantitative estimate of drug-likeness (QED) is 0.631. The minimum absolute atomic E-state index is 0.761. The normalized spacial score (nSPS) is 14.0. The SMILES string of the molecule is COc1ccc(CCN2CSc3nnc(-c4cccc(C)c4)n3C2)cc1OC. The van der Waals surface area contributed by atoms with E-state index in [-0.39, 0.29) is 0 Å². The van der Waals surface area contributed by atoms with Crippen molar-refractivity contribution in [1.29, 1.82) is 0 Å². The molecule has 0 radical (unpaired) electrons. The Morgan fingerprint density at radius 2 is 1.89 bits per heavy atom. The molecule has 0 saturated carbocycles. The molecule has 1 aliphatic rings. The second-order valence-corrected chi connectivity index (χ2v) is 7.76. The van der Waals surface area contributed by atoms with Crippen LogP contribution in [0, 0.1) is 6.92 Å².